The second kappa shape index (κ2) is 8.93. The van der Waals surface area contributed by atoms with Crippen molar-refractivity contribution in [3.63, 3.8) is 0 Å². The monoisotopic (exact) mass is 420 g/mol. The third-order valence-electron chi connectivity index (χ3n) is 5.85. The highest BCUT2D eigenvalue weighted by molar-refractivity contribution is 5.87. The summed E-state index contributed by atoms with van der Waals surface area (Å²) in [6.45, 7) is 12.1. The molecule has 30 heavy (non-hydrogen) atoms. The smallest absolute Gasteiger partial charge is 0.132 e. The largest absolute Gasteiger partial charge is 0.487 e. The van der Waals surface area contributed by atoms with E-state index in [1.54, 1.807) is 0 Å². The molecule has 4 rings (SSSR count). The van der Waals surface area contributed by atoms with Crippen molar-refractivity contribution in [3.8, 4) is 5.75 Å². The van der Waals surface area contributed by atoms with Gasteiger partial charge in [0.05, 0.1) is 5.52 Å². The number of hydrogen-bond donors (Lipinski definition) is 0. The summed E-state index contributed by atoms with van der Waals surface area (Å²) in [5, 5.41) is 1.25. The fourth-order valence-corrected chi connectivity index (χ4v) is 3.90. The third kappa shape index (κ3) is 4.22. The summed E-state index contributed by atoms with van der Waals surface area (Å²) in [5.41, 5.74) is 9.92. The first-order valence-corrected chi connectivity index (χ1v) is 10.1. The molecule has 0 bridgehead atoms. The molecule has 3 nitrogen and oxygen atoms in total. The molecule has 0 aliphatic carbocycles. The van der Waals surface area contributed by atoms with Gasteiger partial charge in [0.25, 0.3) is 0 Å². The quantitative estimate of drug-likeness (QED) is 0.362. The maximum atomic E-state index is 6.08. The lowest BCUT2D eigenvalue weighted by Crippen LogP contribution is -2.07. The average molecular weight is 421 g/mol. The molecule has 0 saturated carbocycles. The van der Waals surface area contributed by atoms with Crippen molar-refractivity contribution in [1.29, 1.82) is 0 Å². The van der Waals surface area contributed by atoms with Crippen molar-refractivity contribution in [1.82, 2.24) is 9.55 Å². The molecule has 0 atom stereocenters. The van der Waals surface area contributed by atoms with E-state index < -0.39 is 0 Å². The molecule has 2 aromatic heterocycles. The van der Waals surface area contributed by atoms with Crippen LogP contribution in [0.25, 0.3) is 10.9 Å². The first-order valence-electron chi connectivity index (χ1n) is 10.1. The lowest BCUT2D eigenvalue weighted by atomic mass is 10.1. The van der Waals surface area contributed by atoms with Crippen molar-refractivity contribution in [2.24, 2.45) is 0 Å². The molecule has 4 heteroatoms. The molecule has 2 heterocycles. The summed E-state index contributed by atoms with van der Waals surface area (Å²) in [5.74, 6) is 0.871. The Morgan fingerprint density at radius 1 is 0.867 bits per heavy atom. The molecule has 156 valence electrons. The molecule has 0 fully saturated rings. The summed E-state index contributed by atoms with van der Waals surface area (Å²) >= 11 is 0. The van der Waals surface area contributed by atoms with Crippen LogP contribution in [0.15, 0.2) is 54.7 Å². The summed E-state index contributed by atoms with van der Waals surface area (Å²) in [7, 11) is 0. The van der Waals surface area contributed by atoms with Crippen LogP contribution in [0.4, 0.5) is 0 Å². The zero-order valence-electron chi connectivity index (χ0n) is 18.3. The van der Waals surface area contributed by atoms with E-state index >= 15 is 0 Å². The Kier molecular flexibility index (Phi) is 6.52. The van der Waals surface area contributed by atoms with Gasteiger partial charge in [-0.15, -0.1) is 12.4 Å². The zero-order valence-corrected chi connectivity index (χ0v) is 19.1. The van der Waals surface area contributed by atoms with Crippen LogP contribution in [0.2, 0.25) is 0 Å². The molecule has 0 N–H and O–H groups in total. The van der Waals surface area contributed by atoms with Crippen molar-refractivity contribution < 1.29 is 4.74 Å². The summed E-state index contributed by atoms with van der Waals surface area (Å²) < 4.78 is 8.47. The zero-order chi connectivity index (χ0) is 20.5. The normalized spacial score (nSPS) is 10.8. The second-order valence-corrected chi connectivity index (χ2v) is 7.98. The Morgan fingerprint density at radius 2 is 1.57 bits per heavy atom. The standard InChI is InChI=1S/C26H28N2O.ClH/c1-17-7-10-23(11-8-17)29-16-25-26-24(12-13-27-25)20(4)21(5)28(26)15-22-14-18(2)6-9-19(22)3;/h6-14H,15-16H2,1-5H3;1H. The van der Waals surface area contributed by atoms with Gasteiger partial charge in [-0.1, -0.05) is 41.5 Å². The number of aromatic nitrogens is 2. The number of ether oxygens (including phenoxy) is 1. The Labute approximate surface area is 185 Å². The van der Waals surface area contributed by atoms with Gasteiger partial charge < -0.3 is 9.30 Å². The molecule has 0 aliphatic rings. The van der Waals surface area contributed by atoms with Gasteiger partial charge in [-0.05, 0) is 69.5 Å². The average Bonchev–Trinajstić information content (AvgIpc) is 2.96. The summed E-state index contributed by atoms with van der Waals surface area (Å²) in [4.78, 5) is 4.69. The number of benzene rings is 2. The van der Waals surface area contributed by atoms with Crippen molar-refractivity contribution >= 4 is 23.3 Å². The van der Waals surface area contributed by atoms with Gasteiger partial charge >= 0.3 is 0 Å². The number of aryl methyl sites for hydroxylation is 4. The van der Waals surface area contributed by atoms with Crippen molar-refractivity contribution in [2.75, 3.05) is 0 Å². The van der Waals surface area contributed by atoms with Crippen molar-refractivity contribution in [3.05, 3.63) is 93.9 Å². The first-order chi connectivity index (χ1) is 13.9. The minimum atomic E-state index is 0. The van der Waals surface area contributed by atoms with E-state index in [4.69, 9.17) is 9.72 Å². The van der Waals surface area contributed by atoms with Crippen LogP contribution >= 0.6 is 12.4 Å². The van der Waals surface area contributed by atoms with Crippen LogP contribution in [-0.4, -0.2) is 9.55 Å². The lowest BCUT2D eigenvalue weighted by molar-refractivity contribution is 0.302. The number of halogens is 1. The van der Waals surface area contributed by atoms with Crippen LogP contribution in [-0.2, 0) is 13.2 Å². The summed E-state index contributed by atoms with van der Waals surface area (Å²) in [6, 6.07) is 17.0. The van der Waals surface area contributed by atoms with E-state index in [1.807, 2.05) is 18.3 Å². The molecule has 0 saturated heterocycles. The minimum absolute atomic E-state index is 0. The molecule has 0 amide bonds. The number of rotatable bonds is 5. The highest BCUT2D eigenvalue weighted by Gasteiger charge is 2.16. The molecule has 2 aromatic carbocycles. The highest BCUT2D eigenvalue weighted by atomic mass is 35.5. The van der Waals surface area contributed by atoms with Gasteiger partial charge in [0.15, 0.2) is 0 Å². The van der Waals surface area contributed by atoms with Gasteiger partial charge in [0, 0.05) is 23.8 Å². The Bertz CT molecular complexity index is 1180. The van der Waals surface area contributed by atoms with E-state index in [0.717, 1.165) is 18.0 Å². The predicted molar refractivity (Wildman–Crippen MR) is 127 cm³/mol. The molecule has 0 aliphatic heterocycles. The molecular formula is C26H29ClN2O. The van der Waals surface area contributed by atoms with E-state index in [0.29, 0.717) is 6.61 Å². The Hall–Kier alpha value is -2.78. The van der Waals surface area contributed by atoms with Crippen LogP contribution in [0.3, 0.4) is 0 Å². The van der Waals surface area contributed by atoms with Crippen LogP contribution in [0.1, 0.15) is 39.2 Å². The number of pyridine rings is 1. The van der Waals surface area contributed by atoms with Crippen LogP contribution < -0.4 is 4.74 Å². The third-order valence-corrected chi connectivity index (χ3v) is 5.85. The van der Waals surface area contributed by atoms with E-state index in [1.165, 1.54) is 44.4 Å². The van der Waals surface area contributed by atoms with Crippen molar-refractivity contribution in [2.45, 2.75) is 47.8 Å². The van der Waals surface area contributed by atoms with E-state index in [-0.39, 0.29) is 12.4 Å². The van der Waals surface area contributed by atoms with E-state index in [9.17, 15) is 0 Å². The maximum Gasteiger partial charge on any atom is 0.132 e. The lowest BCUT2D eigenvalue weighted by Gasteiger charge is -2.14. The SMILES string of the molecule is Cc1ccc(OCc2nccc3c(C)c(C)n(Cc4cc(C)ccc4C)c23)cc1.Cl. The number of fused-ring (bicyclic) bond motifs is 1. The molecule has 0 spiro atoms. The predicted octanol–water partition coefficient (Wildman–Crippen LogP) is 6.63. The number of nitrogens with zero attached hydrogens (tertiary/aromatic N) is 2. The second-order valence-electron chi connectivity index (χ2n) is 7.98. The van der Waals surface area contributed by atoms with Gasteiger partial charge in [-0.2, -0.15) is 0 Å². The van der Waals surface area contributed by atoms with Gasteiger partial charge in [-0.25, -0.2) is 0 Å². The maximum absolute atomic E-state index is 6.08. The minimum Gasteiger partial charge on any atom is -0.487 e. The fraction of sp³-hybridized carbons (Fsp3) is 0.269. The summed E-state index contributed by atoms with van der Waals surface area (Å²) in [6.07, 6.45) is 1.89. The highest BCUT2D eigenvalue weighted by Crippen LogP contribution is 2.29. The Morgan fingerprint density at radius 3 is 2.30 bits per heavy atom. The van der Waals surface area contributed by atoms with Gasteiger partial charge in [0.2, 0.25) is 0 Å². The molecular weight excluding hydrogens is 392 g/mol. The number of hydrogen-bond acceptors (Lipinski definition) is 2. The Balaban J connectivity index is 0.00000256. The molecule has 4 aromatic rings. The van der Waals surface area contributed by atoms with Gasteiger partial charge in [0.1, 0.15) is 18.1 Å². The topological polar surface area (TPSA) is 27.1 Å². The van der Waals surface area contributed by atoms with Crippen LogP contribution in [0, 0.1) is 34.6 Å². The van der Waals surface area contributed by atoms with E-state index in [2.05, 4.69) is 75.6 Å². The molecule has 0 radical (unpaired) electrons. The van der Waals surface area contributed by atoms with Gasteiger partial charge in [-0.3, -0.25) is 4.98 Å². The fourth-order valence-electron chi connectivity index (χ4n) is 3.90. The first kappa shape index (κ1) is 21.9. The molecule has 0 unspecified atom stereocenters. The van der Waals surface area contributed by atoms with Crippen LogP contribution in [0.5, 0.6) is 5.75 Å².